The lowest BCUT2D eigenvalue weighted by Gasteiger charge is -2.06. The molecule has 0 aliphatic carbocycles. The smallest absolute Gasteiger partial charge is 0.0767 e. The van der Waals surface area contributed by atoms with E-state index < -0.39 is 0 Å². The van der Waals surface area contributed by atoms with Crippen LogP contribution < -0.4 is 5.32 Å². The van der Waals surface area contributed by atoms with Crippen LogP contribution in [0.1, 0.15) is 35.0 Å². The van der Waals surface area contributed by atoms with E-state index in [0.717, 1.165) is 36.2 Å². The van der Waals surface area contributed by atoms with Crippen molar-refractivity contribution in [2.24, 2.45) is 0 Å². The first-order valence-corrected chi connectivity index (χ1v) is 8.26. The largest absolute Gasteiger partial charge is 0.306 e. The van der Waals surface area contributed by atoms with E-state index in [-0.39, 0.29) is 0 Å². The van der Waals surface area contributed by atoms with Gasteiger partial charge in [-0.1, -0.05) is 6.92 Å². The first-order valence-electron chi connectivity index (χ1n) is 6.65. The van der Waals surface area contributed by atoms with E-state index in [0.29, 0.717) is 0 Å². The summed E-state index contributed by atoms with van der Waals surface area (Å²) in [6, 6.07) is 4.36. The van der Waals surface area contributed by atoms with Crippen molar-refractivity contribution >= 4 is 27.3 Å². The maximum absolute atomic E-state index is 4.61. The maximum Gasteiger partial charge on any atom is 0.0767 e. The number of thiophene rings is 1. The van der Waals surface area contributed by atoms with Crippen molar-refractivity contribution in [3.63, 3.8) is 0 Å². The van der Waals surface area contributed by atoms with Crippen molar-refractivity contribution in [2.75, 3.05) is 0 Å². The predicted molar refractivity (Wildman–Crippen MR) is 84.6 cm³/mol. The zero-order valence-corrected chi connectivity index (χ0v) is 14.1. The van der Waals surface area contributed by atoms with Crippen LogP contribution in [0.5, 0.6) is 0 Å². The summed E-state index contributed by atoms with van der Waals surface area (Å²) in [6.07, 6.45) is 0.963. The Bertz CT molecular complexity index is 545. The Morgan fingerprint density at radius 2 is 2.11 bits per heavy atom. The van der Waals surface area contributed by atoms with Gasteiger partial charge in [0.05, 0.1) is 15.9 Å². The Morgan fingerprint density at radius 1 is 1.32 bits per heavy atom. The van der Waals surface area contributed by atoms with Crippen molar-refractivity contribution in [1.82, 2.24) is 15.1 Å². The molecule has 0 aliphatic rings. The molecule has 0 saturated heterocycles. The Kier molecular flexibility index (Phi) is 5.19. The number of hydrogen-bond acceptors (Lipinski definition) is 3. The molecule has 0 atom stereocenters. The highest BCUT2D eigenvalue weighted by Gasteiger charge is 2.13. The molecular formula is C14H20BrN3S. The van der Waals surface area contributed by atoms with Crippen LogP contribution in [0.4, 0.5) is 0 Å². The molecule has 0 spiro atoms. The molecule has 1 N–H and O–H groups in total. The summed E-state index contributed by atoms with van der Waals surface area (Å²) in [5.74, 6) is 0. The van der Waals surface area contributed by atoms with Crippen LogP contribution >= 0.6 is 27.3 Å². The fourth-order valence-corrected chi connectivity index (χ4v) is 3.63. The fourth-order valence-electron chi connectivity index (χ4n) is 2.07. The minimum Gasteiger partial charge on any atom is -0.306 e. The van der Waals surface area contributed by atoms with E-state index in [1.165, 1.54) is 15.4 Å². The normalized spacial score (nSPS) is 11.2. The average molecular weight is 342 g/mol. The molecule has 2 aromatic heterocycles. The van der Waals surface area contributed by atoms with Crippen LogP contribution in [0.3, 0.4) is 0 Å². The Hall–Kier alpha value is -0.650. The Balaban J connectivity index is 2.00. The van der Waals surface area contributed by atoms with E-state index in [1.54, 1.807) is 0 Å². The zero-order valence-electron chi connectivity index (χ0n) is 11.7. The number of nitrogens with one attached hydrogen (secondary N) is 1. The van der Waals surface area contributed by atoms with Crippen LogP contribution in [-0.4, -0.2) is 9.78 Å². The molecule has 0 fully saturated rings. The summed E-state index contributed by atoms with van der Waals surface area (Å²) >= 11 is 5.52. The van der Waals surface area contributed by atoms with E-state index in [2.05, 4.69) is 63.9 Å². The Morgan fingerprint density at radius 3 is 2.68 bits per heavy atom. The molecule has 0 bridgehead atoms. The standard InChI is InChI=1S/C14H20BrN3S/c1-4-12-14(15)13(18(5-2)17-12)9-16-8-11-7-6-10(3)19-11/h6-7,16H,4-5,8-9H2,1-3H3. The number of rotatable bonds is 6. The van der Waals surface area contributed by atoms with Crippen molar-refractivity contribution in [2.45, 2.75) is 46.8 Å². The number of hydrogen-bond donors (Lipinski definition) is 1. The van der Waals surface area contributed by atoms with E-state index in [4.69, 9.17) is 0 Å². The van der Waals surface area contributed by atoms with Gasteiger partial charge in [0.15, 0.2) is 0 Å². The lowest BCUT2D eigenvalue weighted by Crippen LogP contribution is -2.16. The molecule has 2 rings (SSSR count). The third kappa shape index (κ3) is 3.46. The van der Waals surface area contributed by atoms with E-state index in [9.17, 15) is 0 Å². The number of nitrogens with zero attached hydrogens (tertiary/aromatic N) is 2. The van der Waals surface area contributed by atoms with Gasteiger partial charge in [-0.05, 0) is 48.3 Å². The second-order valence-corrected chi connectivity index (χ2v) is 6.66. The molecule has 19 heavy (non-hydrogen) atoms. The summed E-state index contributed by atoms with van der Waals surface area (Å²) in [5, 5.41) is 8.11. The van der Waals surface area contributed by atoms with Crippen molar-refractivity contribution in [3.05, 3.63) is 37.7 Å². The van der Waals surface area contributed by atoms with Crippen molar-refractivity contribution < 1.29 is 0 Å². The van der Waals surface area contributed by atoms with Gasteiger partial charge in [0.1, 0.15) is 0 Å². The van der Waals surface area contributed by atoms with Crippen LogP contribution in [0.15, 0.2) is 16.6 Å². The fraction of sp³-hybridized carbons (Fsp3) is 0.500. The van der Waals surface area contributed by atoms with Gasteiger partial charge in [-0.15, -0.1) is 11.3 Å². The molecule has 2 aromatic rings. The zero-order chi connectivity index (χ0) is 13.8. The number of aryl methyl sites for hydroxylation is 3. The van der Waals surface area contributed by atoms with Crippen LogP contribution in [0, 0.1) is 6.92 Å². The summed E-state index contributed by atoms with van der Waals surface area (Å²) in [4.78, 5) is 2.75. The predicted octanol–water partition coefficient (Wildman–Crippen LogP) is 3.89. The van der Waals surface area contributed by atoms with Crippen LogP contribution in [-0.2, 0) is 26.1 Å². The first kappa shape index (κ1) is 14.8. The summed E-state index contributed by atoms with van der Waals surface area (Å²) in [5.41, 5.74) is 2.39. The highest BCUT2D eigenvalue weighted by Crippen LogP contribution is 2.22. The molecule has 0 radical (unpaired) electrons. The molecule has 3 nitrogen and oxygen atoms in total. The molecule has 0 aliphatic heterocycles. The highest BCUT2D eigenvalue weighted by molar-refractivity contribution is 9.10. The van der Waals surface area contributed by atoms with Crippen LogP contribution in [0.2, 0.25) is 0 Å². The molecule has 0 aromatic carbocycles. The molecule has 104 valence electrons. The monoisotopic (exact) mass is 341 g/mol. The van der Waals surface area contributed by atoms with Gasteiger partial charge in [0.25, 0.3) is 0 Å². The third-order valence-corrected chi connectivity index (χ3v) is 5.00. The minimum absolute atomic E-state index is 0.846. The average Bonchev–Trinajstić information content (AvgIpc) is 2.94. The second kappa shape index (κ2) is 6.68. The molecule has 0 saturated carbocycles. The molecule has 0 unspecified atom stereocenters. The van der Waals surface area contributed by atoms with Gasteiger partial charge in [0.2, 0.25) is 0 Å². The molecule has 0 amide bonds. The minimum atomic E-state index is 0.846. The van der Waals surface area contributed by atoms with Crippen LogP contribution in [0.25, 0.3) is 0 Å². The summed E-state index contributed by atoms with van der Waals surface area (Å²) in [7, 11) is 0. The maximum atomic E-state index is 4.61. The lowest BCUT2D eigenvalue weighted by atomic mass is 10.3. The van der Waals surface area contributed by atoms with E-state index >= 15 is 0 Å². The van der Waals surface area contributed by atoms with Gasteiger partial charge >= 0.3 is 0 Å². The quantitative estimate of drug-likeness (QED) is 0.863. The van der Waals surface area contributed by atoms with E-state index in [1.807, 2.05) is 11.3 Å². The van der Waals surface area contributed by atoms with Crippen molar-refractivity contribution in [1.29, 1.82) is 0 Å². The molecule has 5 heteroatoms. The third-order valence-electron chi connectivity index (χ3n) is 3.08. The van der Waals surface area contributed by atoms with Crippen molar-refractivity contribution in [3.8, 4) is 0 Å². The lowest BCUT2D eigenvalue weighted by molar-refractivity contribution is 0.578. The topological polar surface area (TPSA) is 29.9 Å². The number of halogens is 1. The van der Waals surface area contributed by atoms with Gasteiger partial charge in [-0.3, -0.25) is 4.68 Å². The summed E-state index contributed by atoms with van der Waals surface area (Å²) < 4.78 is 3.24. The number of aromatic nitrogens is 2. The van der Waals surface area contributed by atoms with Gasteiger partial charge in [-0.2, -0.15) is 5.10 Å². The van der Waals surface area contributed by atoms with Gasteiger partial charge in [-0.25, -0.2) is 0 Å². The Labute approximate surface area is 127 Å². The summed E-state index contributed by atoms with van der Waals surface area (Å²) in [6.45, 7) is 9.08. The second-order valence-electron chi connectivity index (χ2n) is 4.49. The van der Waals surface area contributed by atoms with Gasteiger partial charge in [0, 0.05) is 29.4 Å². The molecular weight excluding hydrogens is 322 g/mol. The van der Waals surface area contributed by atoms with Gasteiger partial charge < -0.3 is 5.32 Å². The molecule has 2 heterocycles. The first-order chi connectivity index (χ1) is 9.15. The highest BCUT2D eigenvalue weighted by atomic mass is 79.9. The SMILES string of the molecule is CCc1nn(CC)c(CNCc2ccc(C)s2)c1Br.